The van der Waals surface area contributed by atoms with Gasteiger partial charge in [-0.25, -0.2) is 0 Å². The quantitative estimate of drug-likeness (QED) is 0.803. The van der Waals surface area contributed by atoms with E-state index in [4.69, 9.17) is 4.74 Å². The Morgan fingerprint density at radius 2 is 2.40 bits per heavy atom. The minimum Gasteiger partial charge on any atom is -0.368 e. The predicted molar refractivity (Wildman–Crippen MR) is 58.8 cm³/mol. The number of anilines is 1. The standard InChI is InChI=1S/C12H15NO2/c1-9-4-2-5-10(8-9)13-12(14)11-6-3-7-15-11/h2,4-5,8,11H,3,6-7H2,1H3,(H,13,14)/t11-/m0/s1. The first-order valence-corrected chi connectivity index (χ1v) is 5.25. The fraction of sp³-hybridized carbons (Fsp3) is 0.417. The molecular formula is C12H15NO2. The average Bonchev–Trinajstić information content (AvgIpc) is 2.70. The van der Waals surface area contributed by atoms with Gasteiger partial charge in [0.15, 0.2) is 0 Å². The number of nitrogens with one attached hydrogen (secondary N) is 1. The van der Waals surface area contributed by atoms with Crippen LogP contribution in [0.5, 0.6) is 0 Å². The van der Waals surface area contributed by atoms with E-state index in [1.165, 1.54) is 0 Å². The molecule has 1 N–H and O–H groups in total. The Labute approximate surface area is 89.4 Å². The average molecular weight is 205 g/mol. The number of aryl methyl sites for hydroxylation is 1. The monoisotopic (exact) mass is 205 g/mol. The topological polar surface area (TPSA) is 38.3 Å². The van der Waals surface area contributed by atoms with E-state index >= 15 is 0 Å². The van der Waals surface area contributed by atoms with Gasteiger partial charge in [0.1, 0.15) is 6.10 Å². The smallest absolute Gasteiger partial charge is 0.253 e. The number of hydrogen-bond acceptors (Lipinski definition) is 2. The highest BCUT2D eigenvalue weighted by molar-refractivity contribution is 5.94. The van der Waals surface area contributed by atoms with E-state index < -0.39 is 0 Å². The van der Waals surface area contributed by atoms with E-state index in [9.17, 15) is 4.79 Å². The summed E-state index contributed by atoms with van der Waals surface area (Å²) < 4.78 is 5.31. The van der Waals surface area contributed by atoms with Crippen molar-refractivity contribution >= 4 is 11.6 Å². The van der Waals surface area contributed by atoms with E-state index in [1.54, 1.807) is 0 Å². The Hall–Kier alpha value is -1.35. The summed E-state index contributed by atoms with van der Waals surface area (Å²) in [6, 6.07) is 7.77. The minimum atomic E-state index is -0.259. The second-order valence-electron chi connectivity index (χ2n) is 3.86. The summed E-state index contributed by atoms with van der Waals surface area (Å²) in [5, 5.41) is 2.86. The van der Waals surface area contributed by atoms with Crippen LogP contribution in [0.25, 0.3) is 0 Å². The molecule has 0 aromatic heterocycles. The van der Waals surface area contributed by atoms with Crippen molar-refractivity contribution in [1.29, 1.82) is 0 Å². The van der Waals surface area contributed by atoms with Crippen LogP contribution in [-0.2, 0) is 9.53 Å². The molecule has 1 aromatic carbocycles. The normalized spacial score (nSPS) is 20.2. The number of ether oxygens (including phenoxy) is 1. The summed E-state index contributed by atoms with van der Waals surface area (Å²) in [6.45, 7) is 2.70. The highest BCUT2D eigenvalue weighted by Gasteiger charge is 2.23. The summed E-state index contributed by atoms with van der Waals surface area (Å²) in [6.07, 6.45) is 1.55. The maximum Gasteiger partial charge on any atom is 0.253 e. The molecule has 0 radical (unpaired) electrons. The van der Waals surface area contributed by atoms with E-state index in [0.717, 1.165) is 24.1 Å². The Bertz CT molecular complexity index is 356. The minimum absolute atomic E-state index is 0.0295. The van der Waals surface area contributed by atoms with Crippen LogP contribution in [0.2, 0.25) is 0 Å². The predicted octanol–water partition coefficient (Wildman–Crippen LogP) is 2.11. The molecule has 1 fully saturated rings. The summed E-state index contributed by atoms with van der Waals surface area (Å²) in [4.78, 5) is 11.7. The van der Waals surface area contributed by atoms with Gasteiger partial charge in [0.2, 0.25) is 0 Å². The molecule has 1 atom stereocenters. The number of amides is 1. The van der Waals surface area contributed by atoms with Gasteiger partial charge in [0.25, 0.3) is 5.91 Å². The number of carbonyl (C=O) groups is 1. The molecule has 1 saturated heterocycles. The van der Waals surface area contributed by atoms with Crippen LogP contribution in [0.4, 0.5) is 5.69 Å². The van der Waals surface area contributed by atoms with E-state index in [1.807, 2.05) is 31.2 Å². The molecule has 3 heteroatoms. The van der Waals surface area contributed by atoms with Crippen molar-refractivity contribution in [2.45, 2.75) is 25.9 Å². The zero-order valence-electron chi connectivity index (χ0n) is 8.82. The van der Waals surface area contributed by atoms with Crippen molar-refractivity contribution in [3.8, 4) is 0 Å². The highest BCUT2D eigenvalue weighted by atomic mass is 16.5. The molecule has 0 spiro atoms. The van der Waals surface area contributed by atoms with Crippen LogP contribution in [0.1, 0.15) is 18.4 Å². The fourth-order valence-electron chi connectivity index (χ4n) is 1.73. The van der Waals surface area contributed by atoms with Gasteiger partial charge in [-0.3, -0.25) is 4.79 Å². The number of carbonyl (C=O) groups excluding carboxylic acids is 1. The Balaban J connectivity index is 1.99. The third kappa shape index (κ3) is 2.57. The summed E-state index contributed by atoms with van der Waals surface area (Å²) >= 11 is 0. The van der Waals surface area contributed by atoms with Crippen LogP contribution >= 0.6 is 0 Å². The van der Waals surface area contributed by atoms with Crippen molar-refractivity contribution < 1.29 is 9.53 Å². The number of rotatable bonds is 2. The lowest BCUT2D eigenvalue weighted by molar-refractivity contribution is -0.124. The van der Waals surface area contributed by atoms with Gasteiger partial charge < -0.3 is 10.1 Å². The fourth-order valence-corrected chi connectivity index (χ4v) is 1.73. The van der Waals surface area contributed by atoms with Crippen molar-refractivity contribution in [3.63, 3.8) is 0 Å². The third-order valence-corrected chi connectivity index (χ3v) is 2.51. The van der Waals surface area contributed by atoms with E-state index in [-0.39, 0.29) is 12.0 Å². The lowest BCUT2D eigenvalue weighted by atomic mass is 10.2. The maximum absolute atomic E-state index is 11.7. The highest BCUT2D eigenvalue weighted by Crippen LogP contribution is 2.15. The summed E-state index contributed by atoms with van der Waals surface area (Å²) in [7, 11) is 0. The summed E-state index contributed by atoms with van der Waals surface area (Å²) in [5.74, 6) is -0.0295. The molecule has 1 aromatic rings. The van der Waals surface area contributed by atoms with Crippen molar-refractivity contribution in [3.05, 3.63) is 29.8 Å². The first-order valence-electron chi connectivity index (χ1n) is 5.25. The van der Waals surface area contributed by atoms with Crippen LogP contribution < -0.4 is 5.32 Å². The van der Waals surface area contributed by atoms with Gasteiger partial charge in [0.05, 0.1) is 0 Å². The molecule has 0 aliphatic carbocycles. The molecule has 3 nitrogen and oxygen atoms in total. The van der Waals surface area contributed by atoms with Gasteiger partial charge >= 0.3 is 0 Å². The largest absolute Gasteiger partial charge is 0.368 e. The molecule has 0 unspecified atom stereocenters. The van der Waals surface area contributed by atoms with Crippen molar-refractivity contribution in [1.82, 2.24) is 0 Å². The van der Waals surface area contributed by atoms with Crippen molar-refractivity contribution in [2.24, 2.45) is 0 Å². The molecule has 1 aliphatic rings. The van der Waals surface area contributed by atoms with Gasteiger partial charge in [-0.15, -0.1) is 0 Å². The molecule has 15 heavy (non-hydrogen) atoms. The van der Waals surface area contributed by atoms with Gasteiger partial charge in [-0.05, 0) is 37.5 Å². The molecule has 80 valence electrons. The van der Waals surface area contributed by atoms with Crippen molar-refractivity contribution in [2.75, 3.05) is 11.9 Å². The van der Waals surface area contributed by atoms with Gasteiger partial charge in [-0.2, -0.15) is 0 Å². The Kier molecular flexibility index (Phi) is 3.02. The van der Waals surface area contributed by atoms with Gasteiger partial charge in [0, 0.05) is 12.3 Å². The summed E-state index contributed by atoms with van der Waals surface area (Å²) in [5.41, 5.74) is 1.98. The molecule has 1 amide bonds. The van der Waals surface area contributed by atoms with Gasteiger partial charge in [-0.1, -0.05) is 12.1 Å². The molecule has 2 rings (SSSR count). The van der Waals surface area contributed by atoms with E-state index in [0.29, 0.717) is 6.61 Å². The second kappa shape index (κ2) is 4.45. The van der Waals surface area contributed by atoms with Crippen LogP contribution in [0, 0.1) is 6.92 Å². The molecule has 0 saturated carbocycles. The zero-order chi connectivity index (χ0) is 10.7. The molecule has 1 heterocycles. The molecule has 1 aliphatic heterocycles. The van der Waals surface area contributed by atoms with Crippen LogP contribution in [0.15, 0.2) is 24.3 Å². The lowest BCUT2D eigenvalue weighted by Crippen LogP contribution is -2.26. The Morgan fingerprint density at radius 3 is 3.07 bits per heavy atom. The zero-order valence-corrected chi connectivity index (χ0v) is 8.82. The number of hydrogen-bond donors (Lipinski definition) is 1. The number of benzene rings is 1. The Morgan fingerprint density at radius 1 is 1.53 bits per heavy atom. The second-order valence-corrected chi connectivity index (χ2v) is 3.86. The first-order chi connectivity index (χ1) is 7.25. The van der Waals surface area contributed by atoms with Crippen LogP contribution in [-0.4, -0.2) is 18.6 Å². The van der Waals surface area contributed by atoms with E-state index in [2.05, 4.69) is 5.32 Å². The maximum atomic E-state index is 11.7. The molecular weight excluding hydrogens is 190 g/mol. The lowest BCUT2D eigenvalue weighted by Gasteiger charge is -2.10. The molecule has 0 bridgehead atoms. The third-order valence-electron chi connectivity index (χ3n) is 2.51. The SMILES string of the molecule is Cc1cccc(NC(=O)[C@@H]2CCCO2)c1. The van der Waals surface area contributed by atoms with Crippen LogP contribution in [0.3, 0.4) is 0 Å². The first kappa shape index (κ1) is 10.2.